The fraction of sp³-hybridized carbons (Fsp3) is 0.143. The quantitative estimate of drug-likeness (QED) is 0.763. The maximum absolute atomic E-state index is 11.9. The molecule has 0 radical (unpaired) electrons. The molecule has 0 fully saturated rings. The molecule has 0 aliphatic rings. The number of phosphoric ester groups is 1. The molecule has 6 nitrogen and oxygen atoms in total. The average molecular weight is 309 g/mol. The van der Waals surface area contributed by atoms with Crippen molar-refractivity contribution in [1.82, 2.24) is 0 Å². The van der Waals surface area contributed by atoms with E-state index in [1.807, 2.05) is 0 Å². The second-order valence-corrected chi connectivity index (χ2v) is 5.25. The molecule has 2 rings (SSSR count). The maximum Gasteiger partial charge on any atom is 0.372 e. The van der Waals surface area contributed by atoms with E-state index in [1.165, 1.54) is 38.5 Å². The van der Waals surface area contributed by atoms with Gasteiger partial charge in [0.1, 0.15) is 23.0 Å². The van der Waals surface area contributed by atoms with Gasteiger partial charge in [-0.1, -0.05) is 12.1 Å². The molecule has 21 heavy (non-hydrogen) atoms. The van der Waals surface area contributed by atoms with Crippen molar-refractivity contribution in [2.45, 2.75) is 0 Å². The second-order valence-electron chi connectivity index (χ2n) is 3.99. The van der Waals surface area contributed by atoms with E-state index < -0.39 is 7.82 Å². The van der Waals surface area contributed by atoms with Gasteiger partial charge in [-0.15, -0.1) is 0 Å². The molecule has 0 N–H and O–H groups in total. The minimum atomic E-state index is -4.56. The topological polar surface area (TPSA) is 77.1 Å². The summed E-state index contributed by atoms with van der Waals surface area (Å²) in [4.78, 5) is 11.9. The van der Waals surface area contributed by atoms with Crippen LogP contribution in [0.25, 0.3) is 0 Å². The van der Waals surface area contributed by atoms with Crippen molar-refractivity contribution < 1.29 is 28.0 Å². The zero-order valence-electron chi connectivity index (χ0n) is 11.5. The van der Waals surface area contributed by atoms with Crippen molar-refractivity contribution in [2.24, 2.45) is 0 Å². The predicted molar refractivity (Wildman–Crippen MR) is 74.9 cm³/mol. The summed E-state index contributed by atoms with van der Waals surface area (Å²) in [7, 11) is -1.61. The molecule has 2 aromatic rings. The normalized spacial score (nSPS) is 10.8. The number of phosphoric acid groups is 1. The van der Waals surface area contributed by atoms with E-state index >= 15 is 0 Å². The van der Waals surface area contributed by atoms with E-state index in [2.05, 4.69) is 0 Å². The Balaban J connectivity index is 2.12. The standard InChI is InChI=1S/C14H15O6P/c1-17-11-5-3-7-13(9-11)19-21(15,16)20-14-8-4-6-12(10-14)18-2/h3-10H,1-2H3,(H,15,16)/p-1. The average Bonchev–Trinajstić information content (AvgIpc) is 2.46. The van der Waals surface area contributed by atoms with Crippen LogP contribution in [-0.2, 0) is 4.57 Å². The molecule has 112 valence electrons. The molecular formula is C14H14O6P-. The van der Waals surface area contributed by atoms with Crippen LogP contribution in [0.3, 0.4) is 0 Å². The molecule has 0 saturated heterocycles. The van der Waals surface area contributed by atoms with Gasteiger partial charge in [-0.2, -0.15) is 0 Å². The van der Waals surface area contributed by atoms with Gasteiger partial charge in [-0.05, 0) is 24.3 Å². The Morgan fingerprint density at radius 3 is 1.57 bits per heavy atom. The summed E-state index contributed by atoms with van der Waals surface area (Å²) in [6.45, 7) is 0. The fourth-order valence-corrected chi connectivity index (χ4v) is 2.37. The Labute approximate surface area is 122 Å². The number of ether oxygens (including phenoxy) is 2. The summed E-state index contributed by atoms with van der Waals surface area (Å²) in [6.07, 6.45) is 0. The van der Waals surface area contributed by atoms with Gasteiger partial charge in [-0.3, -0.25) is 0 Å². The van der Waals surface area contributed by atoms with E-state index in [1.54, 1.807) is 24.3 Å². The number of benzene rings is 2. The van der Waals surface area contributed by atoms with E-state index in [4.69, 9.17) is 18.5 Å². The summed E-state index contributed by atoms with van der Waals surface area (Å²) in [6, 6.07) is 12.4. The van der Waals surface area contributed by atoms with Gasteiger partial charge >= 0.3 is 7.82 Å². The van der Waals surface area contributed by atoms with Crippen LogP contribution in [0.1, 0.15) is 0 Å². The molecule has 0 saturated carbocycles. The van der Waals surface area contributed by atoms with Gasteiger partial charge in [0.05, 0.1) is 14.2 Å². The highest BCUT2D eigenvalue weighted by Gasteiger charge is 2.14. The summed E-state index contributed by atoms with van der Waals surface area (Å²) in [5.74, 6) is 1.17. The number of rotatable bonds is 6. The first-order valence-electron chi connectivity index (χ1n) is 6.01. The SMILES string of the molecule is COc1cccc(OP(=O)([O-])Oc2cccc(OC)c2)c1. The third kappa shape index (κ3) is 4.41. The van der Waals surface area contributed by atoms with Crippen LogP contribution >= 0.6 is 7.82 Å². The van der Waals surface area contributed by atoms with E-state index in [-0.39, 0.29) is 11.5 Å². The highest BCUT2D eigenvalue weighted by molar-refractivity contribution is 7.46. The van der Waals surface area contributed by atoms with Crippen LogP contribution in [0, 0.1) is 0 Å². The molecule has 2 aromatic carbocycles. The fourth-order valence-electron chi connectivity index (χ4n) is 1.59. The second kappa shape index (κ2) is 6.52. The summed E-state index contributed by atoms with van der Waals surface area (Å²) in [5, 5.41) is 0. The molecule has 0 bridgehead atoms. The van der Waals surface area contributed by atoms with E-state index in [0.717, 1.165) is 0 Å². The maximum atomic E-state index is 11.9. The van der Waals surface area contributed by atoms with Crippen molar-refractivity contribution in [3.63, 3.8) is 0 Å². The van der Waals surface area contributed by atoms with Crippen molar-refractivity contribution in [2.75, 3.05) is 14.2 Å². The molecule has 0 aliphatic carbocycles. The van der Waals surface area contributed by atoms with E-state index in [0.29, 0.717) is 11.5 Å². The zero-order valence-corrected chi connectivity index (χ0v) is 12.4. The number of hydrogen-bond acceptors (Lipinski definition) is 6. The van der Waals surface area contributed by atoms with Crippen molar-refractivity contribution in [3.8, 4) is 23.0 Å². The number of methoxy groups -OCH3 is 2. The third-order valence-corrected chi connectivity index (χ3v) is 3.39. The van der Waals surface area contributed by atoms with Gasteiger partial charge in [0.25, 0.3) is 0 Å². The van der Waals surface area contributed by atoms with Gasteiger partial charge in [-0.25, -0.2) is 4.57 Å². The monoisotopic (exact) mass is 309 g/mol. The predicted octanol–water partition coefficient (Wildman–Crippen LogP) is 2.63. The lowest BCUT2D eigenvalue weighted by Gasteiger charge is -2.24. The van der Waals surface area contributed by atoms with Crippen LogP contribution in [0.15, 0.2) is 48.5 Å². The van der Waals surface area contributed by atoms with E-state index in [9.17, 15) is 9.46 Å². The van der Waals surface area contributed by atoms with Gasteiger partial charge < -0.3 is 23.4 Å². The molecule has 0 atom stereocenters. The molecule has 0 spiro atoms. The van der Waals surface area contributed by atoms with Crippen LogP contribution in [0.2, 0.25) is 0 Å². The lowest BCUT2D eigenvalue weighted by molar-refractivity contribution is -0.208. The number of hydrogen-bond donors (Lipinski definition) is 0. The Hall–Kier alpha value is -2.17. The minimum absolute atomic E-state index is 0.107. The molecule has 0 amide bonds. The molecular weight excluding hydrogens is 295 g/mol. The minimum Gasteiger partial charge on any atom is -0.736 e. The molecule has 0 unspecified atom stereocenters. The summed E-state index contributed by atoms with van der Waals surface area (Å²) < 4.78 is 31.6. The van der Waals surface area contributed by atoms with Crippen molar-refractivity contribution >= 4 is 7.82 Å². The van der Waals surface area contributed by atoms with Gasteiger partial charge in [0.15, 0.2) is 0 Å². The molecule has 0 heterocycles. The first-order chi connectivity index (χ1) is 10.0. The molecule has 0 aliphatic heterocycles. The summed E-state index contributed by atoms with van der Waals surface area (Å²) >= 11 is 0. The van der Waals surface area contributed by atoms with Gasteiger partial charge in [0.2, 0.25) is 0 Å². The van der Waals surface area contributed by atoms with Gasteiger partial charge in [0, 0.05) is 12.1 Å². The highest BCUT2D eigenvalue weighted by atomic mass is 31.2. The zero-order chi connectivity index (χ0) is 15.3. The third-order valence-electron chi connectivity index (χ3n) is 2.52. The van der Waals surface area contributed by atoms with Crippen LogP contribution in [0.5, 0.6) is 23.0 Å². The van der Waals surface area contributed by atoms with Crippen molar-refractivity contribution in [1.29, 1.82) is 0 Å². The van der Waals surface area contributed by atoms with Crippen LogP contribution in [-0.4, -0.2) is 14.2 Å². The Morgan fingerprint density at radius 1 is 0.810 bits per heavy atom. The van der Waals surface area contributed by atoms with Crippen LogP contribution in [0.4, 0.5) is 0 Å². The van der Waals surface area contributed by atoms with Crippen LogP contribution < -0.4 is 23.4 Å². The molecule has 7 heteroatoms. The Kier molecular flexibility index (Phi) is 4.73. The smallest absolute Gasteiger partial charge is 0.372 e. The molecule has 0 aromatic heterocycles. The lowest BCUT2D eigenvalue weighted by atomic mass is 10.3. The van der Waals surface area contributed by atoms with Crippen molar-refractivity contribution in [3.05, 3.63) is 48.5 Å². The first kappa shape index (κ1) is 15.2. The summed E-state index contributed by atoms with van der Waals surface area (Å²) in [5.41, 5.74) is 0. The first-order valence-corrected chi connectivity index (χ1v) is 7.47. The highest BCUT2D eigenvalue weighted by Crippen LogP contribution is 2.41. The Bertz CT molecular complexity index is 604. The lowest BCUT2D eigenvalue weighted by Crippen LogP contribution is -2.13. The largest absolute Gasteiger partial charge is 0.736 e. The Morgan fingerprint density at radius 2 is 1.19 bits per heavy atom.